The second-order valence-corrected chi connectivity index (χ2v) is 6.60. The molecule has 18 heavy (non-hydrogen) atoms. The van der Waals surface area contributed by atoms with E-state index in [1.54, 1.807) is 11.3 Å². The molecule has 0 saturated carbocycles. The summed E-state index contributed by atoms with van der Waals surface area (Å²) in [6, 6.07) is 0. The van der Waals surface area contributed by atoms with Crippen LogP contribution in [0.4, 0.5) is 0 Å². The second-order valence-electron chi connectivity index (χ2n) is 5.66. The summed E-state index contributed by atoms with van der Waals surface area (Å²) < 4.78 is 5.56. The Labute approximate surface area is 114 Å². The Morgan fingerprint density at radius 1 is 1.50 bits per heavy atom. The lowest BCUT2D eigenvalue weighted by Gasteiger charge is -2.24. The number of ether oxygens (including phenoxy) is 1. The lowest BCUT2D eigenvalue weighted by Crippen LogP contribution is -2.34. The third-order valence-corrected chi connectivity index (χ3v) is 3.25. The number of aryl methyl sites for hydroxylation is 1. The van der Waals surface area contributed by atoms with Crippen LogP contribution in [0.1, 0.15) is 31.5 Å². The Morgan fingerprint density at radius 3 is 2.67 bits per heavy atom. The van der Waals surface area contributed by atoms with Crippen LogP contribution in [0.5, 0.6) is 0 Å². The Morgan fingerprint density at radius 2 is 2.17 bits per heavy atom. The normalized spacial score (nSPS) is 14.2. The Kier molecular flexibility index (Phi) is 5.72. The first-order chi connectivity index (χ1) is 8.26. The fourth-order valence-corrected chi connectivity index (χ4v) is 2.38. The van der Waals surface area contributed by atoms with E-state index in [-0.39, 0.29) is 5.60 Å². The summed E-state index contributed by atoms with van der Waals surface area (Å²) in [6.07, 6.45) is -0.463. The molecule has 0 fully saturated rings. The lowest BCUT2D eigenvalue weighted by molar-refractivity contribution is -0.0550. The topological polar surface area (TPSA) is 45.6 Å². The van der Waals surface area contributed by atoms with Crippen molar-refractivity contribution in [1.82, 2.24) is 9.88 Å². The predicted molar refractivity (Wildman–Crippen MR) is 74.9 cm³/mol. The van der Waals surface area contributed by atoms with Crippen molar-refractivity contribution >= 4 is 11.3 Å². The number of aliphatic hydroxyl groups is 1. The minimum atomic E-state index is -0.463. The van der Waals surface area contributed by atoms with Gasteiger partial charge in [-0.1, -0.05) is 0 Å². The van der Waals surface area contributed by atoms with E-state index in [0.29, 0.717) is 13.2 Å². The molecule has 0 aliphatic rings. The van der Waals surface area contributed by atoms with E-state index < -0.39 is 6.10 Å². The van der Waals surface area contributed by atoms with Crippen LogP contribution in [0.2, 0.25) is 0 Å². The van der Waals surface area contributed by atoms with Crippen molar-refractivity contribution in [3.63, 3.8) is 0 Å². The van der Waals surface area contributed by atoms with E-state index in [9.17, 15) is 5.11 Å². The highest BCUT2D eigenvalue weighted by Gasteiger charge is 2.15. The summed E-state index contributed by atoms with van der Waals surface area (Å²) in [5.41, 5.74) is 0.853. The number of hydrogen-bond acceptors (Lipinski definition) is 5. The van der Waals surface area contributed by atoms with Gasteiger partial charge in [0.05, 0.1) is 24.9 Å². The summed E-state index contributed by atoms with van der Waals surface area (Å²) in [5, 5.41) is 13.0. The highest BCUT2D eigenvalue weighted by Crippen LogP contribution is 2.11. The van der Waals surface area contributed by atoms with E-state index in [0.717, 1.165) is 17.2 Å². The van der Waals surface area contributed by atoms with Crippen molar-refractivity contribution in [2.45, 2.75) is 45.9 Å². The van der Waals surface area contributed by atoms with Gasteiger partial charge in [-0.25, -0.2) is 4.98 Å². The van der Waals surface area contributed by atoms with Crippen LogP contribution in [0.25, 0.3) is 0 Å². The van der Waals surface area contributed by atoms with E-state index in [4.69, 9.17) is 4.74 Å². The average Bonchev–Trinajstić information content (AvgIpc) is 2.59. The number of rotatable bonds is 6. The summed E-state index contributed by atoms with van der Waals surface area (Å²) in [4.78, 5) is 6.47. The third-order valence-electron chi connectivity index (χ3n) is 2.30. The molecule has 0 aliphatic heterocycles. The van der Waals surface area contributed by atoms with Crippen molar-refractivity contribution in [3.8, 4) is 0 Å². The number of likely N-dealkylation sites (N-methyl/N-ethyl adjacent to an activating group) is 1. The maximum absolute atomic E-state index is 9.88. The van der Waals surface area contributed by atoms with Crippen LogP contribution in [-0.4, -0.2) is 46.9 Å². The molecule has 0 radical (unpaired) electrons. The number of nitrogens with zero attached hydrogens (tertiary/aromatic N) is 2. The van der Waals surface area contributed by atoms with Crippen molar-refractivity contribution in [1.29, 1.82) is 0 Å². The predicted octanol–water partition coefficient (Wildman–Crippen LogP) is 2.06. The Bertz CT molecular complexity index is 360. The minimum absolute atomic E-state index is 0.202. The van der Waals surface area contributed by atoms with Gasteiger partial charge in [-0.05, 0) is 34.7 Å². The third kappa shape index (κ3) is 6.44. The van der Waals surface area contributed by atoms with Crippen LogP contribution >= 0.6 is 11.3 Å². The first-order valence-corrected chi connectivity index (χ1v) is 7.06. The van der Waals surface area contributed by atoms with Crippen molar-refractivity contribution in [3.05, 3.63) is 16.1 Å². The van der Waals surface area contributed by atoms with Gasteiger partial charge in [0.25, 0.3) is 0 Å². The van der Waals surface area contributed by atoms with Gasteiger partial charge in [0.2, 0.25) is 0 Å². The van der Waals surface area contributed by atoms with Gasteiger partial charge >= 0.3 is 0 Å². The maximum atomic E-state index is 9.88. The van der Waals surface area contributed by atoms with Crippen molar-refractivity contribution in [2.24, 2.45) is 0 Å². The molecule has 0 saturated heterocycles. The molecule has 1 rings (SSSR count). The quantitative estimate of drug-likeness (QED) is 0.861. The van der Waals surface area contributed by atoms with Gasteiger partial charge in [0.15, 0.2) is 0 Å². The molecule has 1 unspecified atom stereocenters. The molecule has 4 nitrogen and oxygen atoms in total. The SMILES string of the molecule is Cc1csc(CN(C)CC(O)COC(C)(C)C)n1. The number of thiazole rings is 1. The van der Waals surface area contributed by atoms with Gasteiger partial charge in [-0.3, -0.25) is 4.90 Å². The summed E-state index contributed by atoms with van der Waals surface area (Å²) in [6.45, 7) is 9.68. The highest BCUT2D eigenvalue weighted by molar-refractivity contribution is 7.09. The number of aliphatic hydroxyl groups excluding tert-OH is 1. The molecule has 0 bridgehead atoms. The van der Waals surface area contributed by atoms with Crippen LogP contribution in [0.15, 0.2) is 5.38 Å². The van der Waals surface area contributed by atoms with Gasteiger partial charge < -0.3 is 9.84 Å². The van der Waals surface area contributed by atoms with E-state index in [1.165, 1.54) is 0 Å². The molecule has 0 amide bonds. The molecule has 0 spiro atoms. The van der Waals surface area contributed by atoms with Crippen LogP contribution in [0, 0.1) is 6.92 Å². The Balaban J connectivity index is 2.29. The molecule has 1 atom stereocenters. The standard InChI is InChI=1S/C13H24N2O2S/c1-10-9-18-12(14-10)7-15(5)6-11(16)8-17-13(2,3)4/h9,11,16H,6-8H2,1-5H3. The van der Waals surface area contributed by atoms with Crippen LogP contribution in [-0.2, 0) is 11.3 Å². The fraction of sp³-hybridized carbons (Fsp3) is 0.769. The number of aromatic nitrogens is 1. The lowest BCUT2D eigenvalue weighted by atomic mass is 10.2. The molecule has 5 heteroatoms. The smallest absolute Gasteiger partial charge is 0.107 e. The zero-order chi connectivity index (χ0) is 13.8. The molecular weight excluding hydrogens is 248 g/mol. The van der Waals surface area contributed by atoms with Crippen molar-refractivity contribution < 1.29 is 9.84 Å². The van der Waals surface area contributed by atoms with Crippen molar-refractivity contribution in [2.75, 3.05) is 20.2 Å². The molecule has 0 aliphatic carbocycles. The summed E-state index contributed by atoms with van der Waals surface area (Å²) in [7, 11) is 1.98. The van der Waals surface area contributed by atoms with Gasteiger partial charge in [0.1, 0.15) is 5.01 Å². The number of hydrogen-bond donors (Lipinski definition) is 1. The minimum Gasteiger partial charge on any atom is -0.389 e. The molecule has 1 N–H and O–H groups in total. The second kappa shape index (κ2) is 6.61. The van der Waals surface area contributed by atoms with E-state index in [2.05, 4.69) is 9.88 Å². The van der Waals surface area contributed by atoms with Gasteiger partial charge in [-0.15, -0.1) is 11.3 Å². The van der Waals surface area contributed by atoms with Gasteiger partial charge in [-0.2, -0.15) is 0 Å². The molecular formula is C13H24N2O2S. The summed E-state index contributed by atoms with van der Waals surface area (Å²) in [5.74, 6) is 0. The molecule has 104 valence electrons. The zero-order valence-electron chi connectivity index (χ0n) is 11.9. The van der Waals surface area contributed by atoms with E-state index in [1.807, 2.05) is 40.1 Å². The van der Waals surface area contributed by atoms with Crippen LogP contribution in [0.3, 0.4) is 0 Å². The fourth-order valence-electron chi connectivity index (χ4n) is 1.53. The monoisotopic (exact) mass is 272 g/mol. The average molecular weight is 272 g/mol. The largest absolute Gasteiger partial charge is 0.389 e. The summed E-state index contributed by atoms with van der Waals surface area (Å²) >= 11 is 1.66. The Hall–Kier alpha value is -0.490. The van der Waals surface area contributed by atoms with Crippen LogP contribution < -0.4 is 0 Å². The first-order valence-electron chi connectivity index (χ1n) is 6.18. The molecule has 1 aromatic rings. The molecule has 1 heterocycles. The maximum Gasteiger partial charge on any atom is 0.107 e. The van der Waals surface area contributed by atoms with Gasteiger partial charge in [0, 0.05) is 17.6 Å². The molecule has 1 aromatic heterocycles. The first kappa shape index (κ1) is 15.6. The van der Waals surface area contributed by atoms with E-state index >= 15 is 0 Å². The highest BCUT2D eigenvalue weighted by atomic mass is 32.1. The molecule has 0 aromatic carbocycles. The zero-order valence-corrected chi connectivity index (χ0v) is 12.8.